The number of rotatable bonds is 6. The van der Waals surface area contributed by atoms with Gasteiger partial charge >= 0.3 is 0 Å². The van der Waals surface area contributed by atoms with Crippen molar-refractivity contribution in [2.24, 2.45) is 0 Å². The third kappa shape index (κ3) is 5.02. The second-order valence-electron chi connectivity index (χ2n) is 7.47. The van der Waals surface area contributed by atoms with Gasteiger partial charge in [0.15, 0.2) is 0 Å². The van der Waals surface area contributed by atoms with Gasteiger partial charge in [-0.15, -0.1) is 10.2 Å². The molecule has 1 unspecified atom stereocenters. The van der Waals surface area contributed by atoms with Crippen molar-refractivity contribution in [3.05, 3.63) is 5.01 Å². The molecule has 7 heteroatoms. The minimum absolute atomic E-state index is 0.104. The van der Waals surface area contributed by atoms with Crippen LogP contribution >= 0.6 is 11.3 Å². The largest absolute Gasteiger partial charge is 0.340 e. The number of hydrogen-bond donors (Lipinski definition) is 1. The zero-order valence-electron chi connectivity index (χ0n) is 15.7. The average molecular weight is 379 g/mol. The Morgan fingerprint density at radius 1 is 1.08 bits per heavy atom. The highest BCUT2D eigenvalue weighted by Gasteiger charge is 2.25. The predicted molar refractivity (Wildman–Crippen MR) is 103 cm³/mol. The van der Waals surface area contributed by atoms with Crippen LogP contribution in [0, 0.1) is 0 Å². The molecule has 1 N–H and O–H groups in total. The molecule has 1 saturated heterocycles. The first kappa shape index (κ1) is 19.3. The zero-order valence-corrected chi connectivity index (χ0v) is 16.5. The number of hydrogen-bond acceptors (Lipinski definition) is 5. The monoisotopic (exact) mass is 378 g/mol. The van der Waals surface area contributed by atoms with E-state index in [1.807, 2.05) is 4.90 Å². The molecule has 3 rings (SSSR count). The van der Waals surface area contributed by atoms with Crippen molar-refractivity contribution >= 4 is 28.3 Å². The Hall–Kier alpha value is -1.50. The van der Waals surface area contributed by atoms with Gasteiger partial charge < -0.3 is 10.2 Å². The summed E-state index contributed by atoms with van der Waals surface area (Å²) in [4.78, 5) is 26.6. The van der Waals surface area contributed by atoms with Crippen molar-refractivity contribution in [3.63, 3.8) is 0 Å². The van der Waals surface area contributed by atoms with E-state index >= 15 is 0 Å². The van der Waals surface area contributed by atoms with Crippen LogP contribution in [-0.2, 0) is 9.59 Å². The van der Waals surface area contributed by atoms with Gasteiger partial charge in [-0.05, 0) is 38.5 Å². The smallest absolute Gasteiger partial charge is 0.226 e. The maximum atomic E-state index is 12.5. The number of carbonyl (C=O) groups is 2. The lowest BCUT2D eigenvalue weighted by molar-refractivity contribution is -0.136. The summed E-state index contributed by atoms with van der Waals surface area (Å²) in [5.41, 5.74) is 0. The highest BCUT2D eigenvalue weighted by Crippen LogP contribution is 2.35. The first-order valence-electron chi connectivity index (χ1n) is 10.1. The van der Waals surface area contributed by atoms with Gasteiger partial charge in [-0.1, -0.05) is 37.5 Å². The molecule has 0 spiro atoms. The summed E-state index contributed by atoms with van der Waals surface area (Å²) in [5.74, 6) is 0.458. The number of aromatic nitrogens is 2. The van der Waals surface area contributed by atoms with Crippen molar-refractivity contribution in [2.75, 3.05) is 11.9 Å². The van der Waals surface area contributed by atoms with Gasteiger partial charge in [0.2, 0.25) is 16.9 Å². The van der Waals surface area contributed by atoms with Crippen molar-refractivity contribution < 1.29 is 9.59 Å². The average Bonchev–Trinajstić information content (AvgIpc) is 3.15. The van der Waals surface area contributed by atoms with E-state index in [1.54, 1.807) is 0 Å². The van der Waals surface area contributed by atoms with Gasteiger partial charge in [-0.3, -0.25) is 9.59 Å². The molecule has 0 radical (unpaired) electrons. The Labute approximate surface area is 159 Å². The van der Waals surface area contributed by atoms with Gasteiger partial charge in [0, 0.05) is 31.3 Å². The van der Waals surface area contributed by atoms with E-state index in [0.29, 0.717) is 17.1 Å². The number of likely N-dealkylation sites (tertiary alicyclic amines) is 1. The van der Waals surface area contributed by atoms with Crippen LogP contribution in [0.3, 0.4) is 0 Å². The van der Waals surface area contributed by atoms with Crippen molar-refractivity contribution in [1.82, 2.24) is 15.1 Å². The van der Waals surface area contributed by atoms with Crippen LogP contribution < -0.4 is 5.32 Å². The minimum Gasteiger partial charge on any atom is -0.340 e. The number of anilines is 1. The van der Waals surface area contributed by atoms with E-state index in [1.165, 1.54) is 49.9 Å². The molecule has 2 aliphatic rings. The highest BCUT2D eigenvalue weighted by molar-refractivity contribution is 7.15. The lowest BCUT2D eigenvalue weighted by Crippen LogP contribution is -2.43. The lowest BCUT2D eigenvalue weighted by Gasteiger charge is -2.35. The van der Waals surface area contributed by atoms with Crippen LogP contribution in [0.1, 0.15) is 88.5 Å². The van der Waals surface area contributed by atoms with E-state index in [2.05, 4.69) is 22.4 Å². The summed E-state index contributed by atoms with van der Waals surface area (Å²) in [5, 5.41) is 12.8. The molecule has 1 saturated carbocycles. The molecule has 2 fully saturated rings. The Balaban J connectivity index is 1.45. The summed E-state index contributed by atoms with van der Waals surface area (Å²) in [7, 11) is 0. The normalized spacial score (nSPS) is 21.6. The topological polar surface area (TPSA) is 75.2 Å². The van der Waals surface area contributed by atoms with Gasteiger partial charge in [0.1, 0.15) is 5.01 Å². The van der Waals surface area contributed by atoms with Crippen LogP contribution in [0.4, 0.5) is 5.13 Å². The molecule has 2 amide bonds. The molecule has 2 heterocycles. The van der Waals surface area contributed by atoms with E-state index in [0.717, 1.165) is 30.8 Å². The maximum absolute atomic E-state index is 12.5. The molecule has 1 aromatic heterocycles. The molecule has 1 aromatic rings. The highest BCUT2D eigenvalue weighted by atomic mass is 32.1. The molecular formula is C19H30N4O2S. The number of nitrogens with zero attached hydrogens (tertiary/aromatic N) is 3. The Kier molecular flexibility index (Phi) is 7.00. The number of amides is 2. The molecule has 1 aliphatic heterocycles. The quantitative estimate of drug-likeness (QED) is 0.809. The second-order valence-corrected chi connectivity index (χ2v) is 8.48. The van der Waals surface area contributed by atoms with Crippen LogP contribution in [0.5, 0.6) is 0 Å². The van der Waals surface area contributed by atoms with Gasteiger partial charge in [0.05, 0.1) is 0 Å². The van der Waals surface area contributed by atoms with E-state index in [-0.39, 0.29) is 24.7 Å². The summed E-state index contributed by atoms with van der Waals surface area (Å²) < 4.78 is 0. The van der Waals surface area contributed by atoms with Crippen LogP contribution in [-0.4, -0.2) is 39.5 Å². The third-order valence-corrected chi connectivity index (χ3v) is 6.63. The molecule has 6 nitrogen and oxygen atoms in total. The third-order valence-electron chi connectivity index (χ3n) is 5.63. The number of piperidine rings is 1. The fraction of sp³-hybridized carbons (Fsp3) is 0.789. The van der Waals surface area contributed by atoms with Crippen molar-refractivity contribution in [1.29, 1.82) is 0 Å². The molecule has 1 atom stereocenters. The van der Waals surface area contributed by atoms with Crippen LogP contribution in [0.2, 0.25) is 0 Å². The molecule has 0 aromatic carbocycles. The van der Waals surface area contributed by atoms with E-state index < -0.39 is 0 Å². The Bertz CT molecular complexity index is 612. The van der Waals surface area contributed by atoms with Crippen LogP contribution in [0.25, 0.3) is 0 Å². The summed E-state index contributed by atoms with van der Waals surface area (Å²) in [6.45, 7) is 2.96. The maximum Gasteiger partial charge on any atom is 0.226 e. The first-order valence-corrected chi connectivity index (χ1v) is 10.9. The SMILES string of the molecule is CCC1CCCCN1C(=O)CCC(=O)Nc1nnc(C2CCCCC2)s1. The number of carbonyl (C=O) groups excluding carboxylic acids is 2. The summed E-state index contributed by atoms with van der Waals surface area (Å²) in [6.07, 6.45) is 11.0. The standard InChI is InChI=1S/C19H30N4O2S/c1-2-15-10-6-7-13-23(15)17(25)12-11-16(24)20-19-22-21-18(26-19)14-8-4-3-5-9-14/h14-15H,2-13H2,1H3,(H,20,22,24). The fourth-order valence-electron chi connectivity index (χ4n) is 4.10. The van der Waals surface area contributed by atoms with Crippen LogP contribution in [0.15, 0.2) is 0 Å². The van der Waals surface area contributed by atoms with Gasteiger partial charge in [0.25, 0.3) is 0 Å². The van der Waals surface area contributed by atoms with Gasteiger partial charge in [-0.25, -0.2) is 0 Å². The molecule has 144 valence electrons. The zero-order chi connectivity index (χ0) is 18.4. The van der Waals surface area contributed by atoms with Crippen molar-refractivity contribution in [3.8, 4) is 0 Å². The van der Waals surface area contributed by atoms with E-state index in [4.69, 9.17) is 0 Å². The molecule has 1 aliphatic carbocycles. The van der Waals surface area contributed by atoms with Gasteiger partial charge in [-0.2, -0.15) is 0 Å². The first-order chi connectivity index (χ1) is 12.7. The molecular weight excluding hydrogens is 348 g/mol. The fourth-order valence-corrected chi connectivity index (χ4v) is 5.03. The lowest BCUT2D eigenvalue weighted by atomic mass is 9.90. The predicted octanol–water partition coefficient (Wildman–Crippen LogP) is 4.10. The molecule has 0 bridgehead atoms. The minimum atomic E-state index is -0.144. The second kappa shape index (κ2) is 9.44. The van der Waals surface area contributed by atoms with Crippen molar-refractivity contribution in [2.45, 2.75) is 89.5 Å². The van der Waals surface area contributed by atoms with E-state index in [9.17, 15) is 9.59 Å². The number of nitrogens with one attached hydrogen (secondary N) is 1. The Morgan fingerprint density at radius 2 is 1.85 bits per heavy atom. The Morgan fingerprint density at radius 3 is 2.62 bits per heavy atom. The summed E-state index contributed by atoms with van der Waals surface area (Å²) in [6, 6.07) is 0.348. The summed E-state index contributed by atoms with van der Waals surface area (Å²) >= 11 is 1.48. The molecule has 26 heavy (non-hydrogen) atoms.